The number of carbonyl (C=O) groups is 4. The number of ether oxygens (including phenoxy) is 1. The summed E-state index contributed by atoms with van der Waals surface area (Å²) in [5, 5.41) is 16.0. The second kappa shape index (κ2) is 9.33. The van der Waals surface area contributed by atoms with Gasteiger partial charge in [0.05, 0.1) is 16.1 Å². The minimum atomic E-state index is -0.636. The molecule has 4 amide bonds. The van der Waals surface area contributed by atoms with Crippen molar-refractivity contribution in [1.82, 2.24) is 15.5 Å². The van der Waals surface area contributed by atoms with Gasteiger partial charge in [0, 0.05) is 38.2 Å². The molecule has 162 valence electrons. The van der Waals surface area contributed by atoms with Gasteiger partial charge in [0.25, 0.3) is 17.5 Å². The highest BCUT2D eigenvalue weighted by Crippen LogP contribution is 2.26. The van der Waals surface area contributed by atoms with Crippen molar-refractivity contribution in [3.05, 3.63) is 39.4 Å². The monoisotopic (exact) mass is 420 g/mol. The first kappa shape index (κ1) is 22.8. The Balaban J connectivity index is 1.73. The smallest absolute Gasteiger partial charge is 0.407 e. The number of alkyl carbamates (subject to hydrolysis) is 1. The lowest BCUT2D eigenvalue weighted by Gasteiger charge is -2.19. The van der Waals surface area contributed by atoms with Gasteiger partial charge in [-0.25, -0.2) is 4.79 Å². The van der Waals surface area contributed by atoms with Crippen molar-refractivity contribution in [1.29, 1.82) is 0 Å². The number of imide groups is 1. The third-order valence-corrected chi connectivity index (χ3v) is 4.07. The predicted octanol–water partition coefficient (Wildman–Crippen LogP) is 1.61. The average molecular weight is 420 g/mol. The molecule has 0 spiro atoms. The number of benzene rings is 1. The molecule has 11 heteroatoms. The molecule has 0 saturated carbocycles. The van der Waals surface area contributed by atoms with Crippen molar-refractivity contribution < 1.29 is 28.8 Å². The van der Waals surface area contributed by atoms with E-state index in [0.717, 1.165) is 11.0 Å². The highest BCUT2D eigenvalue weighted by molar-refractivity contribution is 6.21. The number of hydrogen-bond donors (Lipinski definition) is 2. The highest BCUT2D eigenvalue weighted by Gasteiger charge is 2.36. The summed E-state index contributed by atoms with van der Waals surface area (Å²) < 4.78 is 5.06. The van der Waals surface area contributed by atoms with E-state index >= 15 is 0 Å². The average Bonchev–Trinajstić information content (AvgIpc) is 2.88. The first-order chi connectivity index (χ1) is 14.0. The zero-order valence-electron chi connectivity index (χ0n) is 17.0. The lowest BCUT2D eigenvalue weighted by atomic mass is 10.1. The largest absolute Gasteiger partial charge is 0.444 e. The maximum absolute atomic E-state index is 12.4. The van der Waals surface area contributed by atoms with E-state index in [1.165, 1.54) is 12.1 Å². The summed E-state index contributed by atoms with van der Waals surface area (Å²) >= 11 is 0. The number of fused-ring (bicyclic) bond motifs is 1. The van der Waals surface area contributed by atoms with E-state index < -0.39 is 28.4 Å². The van der Waals surface area contributed by atoms with Crippen LogP contribution < -0.4 is 10.6 Å². The van der Waals surface area contributed by atoms with Crippen LogP contribution >= 0.6 is 0 Å². The molecule has 0 fully saturated rings. The SMILES string of the molecule is CC(C)(C)OC(=O)NCCNC(=O)CCCN1C(=O)c2ccc([N+](=O)[O-])cc2C1=O. The van der Waals surface area contributed by atoms with Crippen LogP contribution in [0.2, 0.25) is 0 Å². The summed E-state index contributed by atoms with van der Waals surface area (Å²) in [6, 6.07) is 3.52. The fraction of sp³-hybridized carbons (Fsp3) is 0.474. The van der Waals surface area contributed by atoms with Crippen LogP contribution in [0.3, 0.4) is 0 Å². The molecular weight excluding hydrogens is 396 g/mol. The molecule has 0 atom stereocenters. The van der Waals surface area contributed by atoms with Gasteiger partial charge in [0.1, 0.15) is 5.60 Å². The molecule has 0 radical (unpaired) electrons. The van der Waals surface area contributed by atoms with Gasteiger partial charge in [-0.2, -0.15) is 0 Å². The molecule has 11 nitrogen and oxygen atoms in total. The quantitative estimate of drug-likeness (QED) is 0.281. The number of amides is 4. The number of hydrogen-bond acceptors (Lipinski definition) is 7. The van der Waals surface area contributed by atoms with Crippen LogP contribution in [0.25, 0.3) is 0 Å². The minimum Gasteiger partial charge on any atom is -0.444 e. The molecule has 0 aliphatic carbocycles. The molecule has 30 heavy (non-hydrogen) atoms. The van der Waals surface area contributed by atoms with Crippen LogP contribution in [0, 0.1) is 10.1 Å². The van der Waals surface area contributed by atoms with Gasteiger partial charge in [0.15, 0.2) is 0 Å². The Morgan fingerprint density at radius 3 is 2.37 bits per heavy atom. The van der Waals surface area contributed by atoms with Gasteiger partial charge in [-0.3, -0.25) is 29.4 Å². The number of nitro groups is 1. The molecule has 0 saturated heterocycles. The van der Waals surface area contributed by atoms with Crippen LogP contribution in [0.4, 0.5) is 10.5 Å². The van der Waals surface area contributed by atoms with E-state index in [4.69, 9.17) is 4.74 Å². The molecule has 0 aromatic heterocycles. The van der Waals surface area contributed by atoms with E-state index in [-0.39, 0.29) is 55.2 Å². The van der Waals surface area contributed by atoms with Crippen LogP contribution in [-0.2, 0) is 9.53 Å². The van der Waals surface area contributed by atoms with Crippen LogP contribution in [0.5, 0.6) is 0 Å². The number of nitro benzene ring substituents is 1. The molecule has 1 aromatic carbocycles. The molecule has 2 N–H and O–H groups in total. The number of nitrogens with zero attached hydrogens (tertiary/aromatic N) is 2. The molecule has 1 aliphatic rings. The van der Waals surface area contributed by atoms with Crippen LogP contribution in [-0.4, -0.2) is 58.9 Å². The Bertz CT molecular complexity index is 876. The normalized spacial score (nSPS) is 13.1. The Morgan fingerprint density at radius 1 is 1.10 bits per heavy atom. The third-order valence-electron chi connectivity index (χ3n) is 4.07. The summed E-state index contributed by atoms with van der Waals surface area (Å²) in [6.45, 7) is 5.63. The van der Waals surface area contributed by atoms with Gasteiger partial charge in [-0.15, -0.1) is 0 Å². The zero-order valence-corrected chi connectivity index (χ0v) is 17.0. The highest BCUT2D eigenvalue weighted by atomic mass is 16.6. The van der Waals surface area contributed by atoms with Gasteiger partial charge in [0.2, 0.25) is 5.91 Å². The molecular formula is C19H24N4O7. The lowest BCUT2D eigenvalue weighted by molar-refractivity contribution is -0.384. The number of rotatable bonds is 8. The van der Waals surface area contributed by atoms with E-state index in [2.05, 4.69) is 10.6 Å². The summed E-state index contributed by atoms with van der Waals surface area (Å²) in [7, 11) is 0. The number of non-ortho nitro benzene ring substituents is 1. The Kier molecular flexibility index (Phi) is 7.09. The zero-order chi connectivity index (χ0) is 22.5. The standard InChI is InChI=1S/C19H24N4O7/c1-19(2,3)30-18(27)21-9-8-20-15(24)5-4-10-22-16(25)13-7-6-12(23(28)29)11-14(13)17(22)26/h6-7,11H,4-5,8-10H2,1-3H3,(H,20,24)(H,21,27). The fourth-order valence-corrected chi connectivity index (χ4v) is 2.76. The number of nitrogens with one attached hydrogen (secondary N) is 2. The molecule has 0 bridgehead atoms. The van der Waals surface area contributed by atoms with Gasteiger partial charge in [-0.1, -0.05) is 0 Å². The molecule has 0 unspecified atom stereocenters. The maximum Gasteiger partial charge on any atom is 0.407 e. The van der Waals surface area contributed by atoms with Crippen molar-refractivity contribution in [2.75, 3.05) is 19.6 Å². The molecule has 1 aliphatic heterocycles. The summed E-state index contributed by atoms with van der Waals surface area (Å²) in [5.74, 6) is -1.44. The van der Waals surface area contributed by atoms with E-state index in [1.807, 2.05) is 0 Å². The Labute approximate surface area is 172 Å². The van der Waals surface area contributed by atoms with Crippen molar-refractivity contribution in [2.45, 2.75) is 39.2 Å². The van der Waals surface area contributed by atoms with Crippen LogP contribution in [0.1, 0.15) is 54.3 Å². The van der Waals surface area contributed by atoms with Crippen molar-refractivity contribution >= 4 is 29.5 Å². The second-order valence-electron chi connectivity index (χ2n) is 7.63. The van der Waals surface area contributed by atoms with Crippen molar-refractivity contribution in [3.63, 3.8) is 0 Å². The van der Waals surface area contributed by atoms with Crippen molar-refractivity contribution in [2.24, 2.45) is 0 Å². The summed E-state index contributed by atoms with van der Waals surface area (Å²) in [5.41, 5.74) is -0.770. The Hall–Kier alpha value is -3.50. The van der Waals surface area contributed by atoms with E-state index in [9.17, 15) is 29.3 Å². The summed E-state index contributed by atoms with van der Waals surface area (Å²) in [6.07, 6.45) is -0.276. The first-order valence-corrected chi connectivity index (χ1v) is 9.38. The number of carbonyl (C=O) groups excluding carboxylic acids is 4. The minimum absolute atomic E-state index is 0.00753. The van der Waals surface area contributed by atoms with Gasteiger partial charge >= 0.3 is 6.09 Å². The van der Waals surface area contributed by atoms with E-state index in [1.54, 1.807) is 20.8 Å². The molecule has 2 rings (SSSR count). The maximum atomic E-state index is 12.4. The van der Waals surface area contributed by atoms with E-state index in [0.29, 0.717) is 0 Å². The van der Waals surface area contributed by atoms with Gasteiger partial charge < -0.3 is 15.4 Å². The topological polar surface area (TPSA) is 148 Å². The first-order valence-electron chi connectivity index (χ1n) is 9.38. The Morgan fingerprint density at radius 2 is 1.73 bits per heavy atom. The lowest BCUT2D eigenvalue weighted by Crippen LogP contribution is -2.38. The molecule has 1 aromatic rings. The second-order valence-corrected chi connectivity index (χ2v) is 7.63. The van der Waals surface area contributed by atoms with Crippen LogP contribution in [0.15, 0.2) is 18.2 Å². The van der Waals surface area contributed by atoms with Gasteiger partial charge in [-0.05, 0) is 33.3 Å². The molecule has 1 heterocycles. The fourth-order valence-electron chi connectivity index (χ4n) is 2.76. The predicted molar refractivity (Wildman–Crippen MR) is 105 cm³/mol. The summed E-state index contributed by atoms with van der Waals surface area (Å²) in [4.78, 5) is 59.2. The third kappa shape index (κ3) is 6.00. The van der Waals surface area contributed by atoms with Crippen molar-refractivity contribution in [3.8, 4) is 0 Å².